The van der Waals surface area contributed by atoms with Crippen molar-refractivity contribution in [2.75, 3.05) is 5.75 Å². The molecule has 3 rings (SSSR count). The molecule has 0 aliphatic heterocycles. The van der Waals surface area contributed by atoms with E-state index in [9.17, 15) is 4.79 Å². The summed E-state index contributed by atoms with van der Waals surface area (Å²) in [5, 5.41) is 18.6. The van der Waals surface area contributed by atoms with Crippen molar-refractivity contribution in [3.63, 3.8) is 0 Å². The van der Waals surface area contributed by atoms with E-state index in [1.807, 2.05) is 24.3 Å². The summed E-state index contributed by atoms with van der Waals surface area (Å²) in [7, 11) is 0. The van der Waals surface area contributed by atoms with Gasteiger partial charge in [-0.1, -0.05) is 35.5 Å². The molecule has 1 N–H and O–H groups in total. The minimum Gasteiger partial charge on any atom is -0.481 e. The fourth-order valence-electron chi connectivity index (χ4n) is 2.18. The lowest BCUT2D eigenvalue weighted by Gasteiger charge is -2.08. The first-order chi connectivity index (χ1) is 10.1. The van der Waals surface area contributed by atoms with Crippen molar-refractivity contribution in [2.45, 2.75) is 30.5 Å². The molecule has 7 heteroatoms. The number of carbonyl (C=O) groups is 1. The zero-order valence-electron chi connectivity index (χ0n) is 11.2. The third-order valence-electron chi connectivity index (χ3n) is 3.22. The van der Waals surface area contributed by atoms with Gasteiger partial charge in [0.1, 0.15) is 5.82 Å². The molecule has 1 fully saturated rings. The van der Waals surface area contributed by atoms with Crippen LogP contribution in [0.25, 0.3) is 0 Å². The summed E-state index contributed by atoms with van der Waals surface area (Å²) in [5.74, 6) is 0.0246. The van der Waals surface area contributed by atoms with E-state index in [0.717, 1.165) is 24.2 Å². The van der Waals surface area contributed by atoms with Crippen LogP contribution in [0.2, 0.25) is 5.02 Å². The van der Waals surface area contributed by atoms with E-state index in [1.165, 1.54) is 11.8 Å². The Morgan fingerprint density at radius 3 is 2.90 bits per heavy atom. The molecular formula is C14H14ClN3O2S. The molecule has 0 amide bonds. The molecule has 0 saturated heterocycles. The van der Waals surface area contributed by atoms with Crippen LogP contribution in [0, 0.1) is 0 Å². The summed E-state index contributed by atoms with van der Waals surface area (Å²) in [6.45, 7) is 0. The maximum Gasteiger partial charge on any atom is 0.313 e. The van der Waals surface area contributed by atoms with Crippen molar-refractivity contribution >= 4 is 29.3 Å². The summed E-state index contributed by atoms with van der Waals surface area (Å²) < 4.78 is 2.08. The molecule has 1 aliphatic carbocycles. The largest absolute Gasteiger partial charge is 0.481 e. The van der Waals surface area contributed by atoms with Crippen LogP contribution in [0.5, 0.6) is 0 Å². The van der Waals surface area contributed by atoms with Crippen LogP contribution in [-0.4, -0.2) is 31.6 Å². The lowest BCUT2D eigenvalue weighted by molar-refractivity contribution is -0.133. The monoisotopic (exact) mass is 323 g/mol. The Hall–Kier alpha value is -1.53. The maximum absolute atomic E-state index is 10.7. The van der Waals surface area contributed by atoms with Crippen LogP contribution in [-0.2, 0) is 11.2 Å². The Labute approximate surface area is 131 Å². The second-order valence-electron chi connectivity index (χ2n) is 4.99. The van der Waals surface area contributed by atoms with E-state index in [-0.39, 0.29) is 5.75 Å². The Balaban J connectivity index is 1.83. The molecule has 5 nitrogen and oxygen atoms in total. The number of nitrogens with zero attached hydrogens (tertiary/aromatic N) is 3. The van der Waals surface area contributed by atoms with Gasteiger partial charge in [-0.25, -0.2) is 0 Å². The van der Waals surface area contributed by atoms with Crippen LogP contribution >= 0.6 is 23.4 Å². The van der Waals surface area contributed by atoms with Gasteiger partial charge in [0.2, 0.25) is 0 Å². The Morgan fingerprint density at radius 2 is 2.24 bits per heavy atom. The normalized spacial score (nSPS) is 14.3. The number of aromatic nitrogens is 3. The average Bonchev–Trinajstić information content (AvgIpc) is 3.19. The van der Waals surface area contributed by atoms with Gasteiger partial charge in [-0.15, -0.1) is 10.2 Å². The third kappa shape index (κ3) is 3.57. The van der Waals surface area contributed by atoms with Crippen molar-refractivity contribution in [1.29, 1.82) is 0 Å². The molecule has 0 bridgehead atoms. The first kappa shape index (κ1) is 14.4. The first-order valence-corrected chi connectivity index (χ1v) is 8.02. The zero-order valence-corrected chi connectivity index (χ0v) is 12.8. The molecule has 0 radical (unpaired) electrons. The van der Waals surface area contributed by atoms with Crippen LogP contribution in [0.15, 0.2) is 29.4 Å². The summed E-state index contributed by atoms with van der Waals surface area (Å²) in [6.07, 6.45) is 2.85. The van der Waals surface area contributed by atoms with Crippen LogP contribution in [0.1, 0.15) is 30.3 Å². The van der Waals surface area contributed by atoms with E-state index in [2.05, 4.69) is 14.8 Å². The van der Waals surface area contributed by atoms with Gasteiger partial charge in [0.15, 0.2) is 5.16 Å². The van der Waals surface area contributed by atoms with Gasteiger partial charge in [0.25, 0.3) is 0 Å². The van der Waals surface area contributed by atoms with E-state index in [4.69, 9.17) is 16.7 Å². The first-order valence-electron chi connectivity index (χ1n) is 6.66. The predicted molar refractivity (Wildman–Crippen MR) is 80.9 cm³/mol. The quantitative estimate of drug-likeness (QED) is 0.828. The number of aliphatic carboxylic acids is 1. The number of halogens is 1. The second-order valence-corrected chi connectivity index (χ2v) is 6.37. The van der Waals surface area contributed by atoms with Crippen molar-refractivity contribution in [3.05, 3.63) is 40.7 Å². The molecule has 110 valence electrons. The summed E-state index contributed by atoms with van der Waals surface area (Å²) in [6, 6.07) is 8.07. The van der Waals surface area contributed by atoms with Gasteiger partial charge in [0, 0.05) is 17.5 Å². The van der Waals surface area contributed by atoms with Gasteiger partial charge in [-0.2, -0.15) is 0 Å². The lowest BCUT2D eigenvalue weighted by Crippen LogP contribution is -2.06. The zero-order chi connectivity index (χ0) is 14.8. The van der Waals surface area contributed by atoms with Crippen molar-refractivity contribution in [3.8, 4) is 0 Å². The fraction of sp³-hybridized carbons (Fsp3) is 0.357. The molecule has 2 aromatic rings. The van der Waals surface area contributed by atoms with Crippen molar-refractivity contribution in [1.82, 2.24) is 14.8 Å². The number of hydrogen-bond acceptors (Lipinski definition) is 4. The number of rotatable bonds is 6. The molecule has 0 atom stereocenters. The fourth-order valence-corrected chi connectivity index (χ4v) is 3.14. The SMILES string of the molecule is O=C(O)CSc1nnc(Cc2cccc(Cl)c2)n1C1CC1. The maximum atomic E-state index is 10.7. The van der Waals surface area contributed by atoms with Crippen LogP contribution in [0.4, 0.5) is 0 Å². The minimum absolute atomic E-state index is 0.00200. The third-order valence-corrected chi connectivity index (χ3v) is 4.39. The Bertz CT molecular complexity index is 670. The van der Waals surface area contributed by atoms with Gasteiger partial charge < -0.3 is 9.67 Å². The average molecular weight is 324 g/mol. The van der Waals surface area contributed by atoms with Gasteiger partial charge >= 0.3 is 5.97 Å². The number of carboxylic acid groups (broad SMARTS) is 1. The molecule has 1 aromatic heterocycles. The van der Waals surface area contributed by atoms with Gasteiger partial charge in [-0.3, -0.25) is 4.79 Å². The molecule has 1 aliphatic rings. The van der Waals surface area contributed by atoms with E-state index < -0.39 is 5.97 Å². The summed E-state index contributed by atoms with van der Waals surface area (Å²) >= 11 is 7.23. The van der Waals surface area contributed by atoms with E-state index >= 15 is 0 Å². The van der Waals surface area contributed by atoms with Gasteiger partial charge in [0.05, 0.1) is 5.75 Å². The van der Waals surface area contributed by atoms with Crippen molar-refractivity contribution < 1.29 is 9.90 Å². The highest BCUT2D eigenvalue weighted by Gasteiger charge is 2.29. The molecule has 21 heavy (non-hydrogen) atoms. The number of benzene rings is 1. The number of carboxylic acids is 1. The molecular weight excluding hydrogens is 310 g/mol. The van der Waals surface area contributed by atoms with Gasteiger partial charge in [-0.05, 0) is 30.5 Å². The molecule has 0 spiro atoms. The van der Waals surface area contributed by atoms with Crippen LogP contribution in [0.3, 0.4) is 0 Å². The van der Waals surface area contributed by atoms with E-state index in [1.54, 1.807) is 0 Å². The second kappa shape index (κ2) is 6.07. The highest BCUT2D eigenvalue weighted by atomic mass is 35.5. The smallest absolute Gasteiger partial charge is 0.313 e. The molecule has 1 heterocycles. The standard InChI is InChI=1S/C14H14ClN3O2S/c15-10-3-1-2-9(6-10)7-12-16-17-14(21-8-13(19)20)18(12)11-4-5-11/h1-3,6,11H,4-5,7-8H2,(H,19,20). The van der Waals surface area contributed by atoms with E-state index in [0.29, 0.717) is 22.6 Å². The molecule has 1 aromatic carbocycles. The minimum atomic E-state index is -0.846. The van der Waals surface area contributed by atoms with Crippen molar-refractivity contribution in [2.24, 2.45) is 0 Å². The Morgan fingerprint density at radius 1 is 1.43 bits per heavy atom. The predicted octanol–water partition coefficient (Wildman–Crippen LogP) is 3.03. The highest BCUT2D eigenvalue weighted by molar-refractivity contribution is 7.99. The summed E-state index contributed by atoms with van der Waals surface area (Å²) in [5.41, 5.74) is 1.08. The topological polar surface area (TPSA) is 68.0 Å². The molecule has 0 unspecified atom stereocenters. The number of thioether (sulfide) groups is 1. The number of hydrogen-bond donors (Lipinski definition) is 1. The van der Waals surface area contributed by atoms with Crippen LogP contribution < -0.4 is 0 Å². The Kier molecular flexibility index (Phi) is 4.17. The molecule has 1 saturated carbocycles. The summed E-state index contributed by atoms with van der Waals surface area (Å²) in [4.78, 5) is 10.7. The highest BCUT2D eigenvalue weighted by Crippen LogP contribution is 2.39. The lowest BCUT2D eigenvalue weighted by atomic mass is 10.1.